The van der Waals surface area contributed by atoms with Crippen LogP contribution in [0.15, 0.2) is 9.64 Å². The van der Waals surface area contributed by atoms with Crippen LogP contribution in [0.1, 0.15) is 51.8 Å². The first-order valence-electron chi connectivity index (χ1n) is 7.43. The molecule has 19 heavy (non-hydrogen) atoms. The lowest BCUT2D eigenvalue weighted by Crippen LogP contribution is -2.42. The minimum atomic E-state index is 0.560. The monoisotopic (exact) mass is 283 g/mol. The minimum Gasteiger partial charge on any atom is -0.416 e. The van der Waals surface area contributed by atoms with Crippen LogP contribution in [0.25, 0.3) is 0 Å². The zero-order chi connectivity index (χ0) is 13.7. The summed E-state index contributed by atoms with van der Waals surface area (Å²) in [5, 5.41) is 13.0. The number of thioether (sulfide) groups is 1. The van der Waals surface area contributed by atoms with Gasteiger partial charge in [0.05, 0.1) is 0 Å². The summed E-state index contributed by atoms with van der Waals surface area (Å²) in [6.07, 6.45) is 6.33. The second kappa shape index (κ2) is 7.29. The van der Waals surface area contributed by atoms with E-state index in [-0.39, 0.29) is 0 Å². The molecule has 3 unspecified atom stereocenters. The van der Waals surface area contributed by atoms with Gasteiger partial charge < -0.3 is 9.73 Å². The molecule has 0 aliphatic heterocycles. The van der Waals surface area contributed by atoms with Crippen molar-refractivity contribution < 1.29 is 4.42 Å². The van der Waals surface area contributed by atoms with Crippen LogP contribution >= 0.6 is 11.8 Å². The van der Waals surface area contributed by atoms with Crippen molar-refractivity contribution in [3.63, 3.8) is 0 Å². The van der Waals surface area contributed by atoms with Gasteiger partial charge in [0.2, 0.25) is 5.89 Å². The zero-order valence-electron chi connectivity index (χ0n) is 12.2. The van der Waals surface area contributed by atoms with Crippen molar-refractivity contribution in [1.82, 2.24) is 15.5 Å². The summed E-state index contributed by atoms with van der Waals surface area (Å²) >= 11 is 1.76. The lowest BCUT2D eigenvalue weighted by atomic mass is 9.84. The Kier molecular flexibility index (Phi) is 5.70. The highest BCUT2D eigenvalue weighted by Gasteiger charge is 2.31. The third-order valence-electron chi connectivity index (χ3n) is 3.89. The highest BCUT2D eigenvalue weighted by Crippen LogP contribution is 2.37. The van der Waals surface area contributed by atoms with Crippen LogP contribution in [-0.2, 0) is 0 Å². The Hall–Kier alpha value is -0.550. The maximum atomic E-state index is 5.52. The van der Waals surface area contributed by atoms with Gasteiger partial charge in [0.25, 0.3) is 5.22 Å². The number of aromatic nitrogens is 2. The number of hydrogen-bond donors (Lipinski definition) is 1. The predicted octanol–water partition coefficient (Wildman–Crippen LogP) is 3.42. The molecule has 1 fully saturated rings. The van der Waals surface area contributed by atoms with Crippen LogP contribution in [-0.4, -0.2) is 28.0 Å². The molecular formula is C14H25N3OS. The molecule has 3 atom stereocenters. The number of aryl methyl sites for hydroxylation is 1. The molecule has 0 aromatic carbocycles. The average molecular weight is 283 g/mol. The van der Waals surface area contributed by atoms with Gasteiger partial charge in [-0.2, -0.15) is 0 Å². The fourth-order valence-electron chi connectivity index (χ4n) is 2.73. The van der Waals surface area contributed by atoms with E-state index in [1.807, 2.05) is 6.92 Å². The van der Waals surface area contributed by atoms with Crippen LogP contribution < -0.4 is 5.32 Å². The lowest BCUT2D eigenvalue weighted by molar-refractivity contribution is 0.293. The first-order valence-corrected chi connectivity index (χ1v) is 8.31. The standard InChI is InChI=1S/C14H25N3OS/c1-4-8-15-12-7-6-11(5-2)9-13(12)19-14-17-16-10(3)18-14/h11-13,15H,4-9H2,1-3H3. The van der Waals surface area contributed by atoms with Gasteiger partial charge in [-0.15, -0.1) is 10.2 Å². The molecule has 5 heteroatoms. The Bertz CT molecular complexity index is 383. The molecule has 1 aromatic heterocycles. The summed E-state index contributed by atoms with van der Waals surface area (Å²) in [6.45, 7) is 7.46. The van der Waals surface area contributed by atoms with Gasteiger partial charge >= 0.3 is 0 Å². The number of nitrogens with one attached hydrogen (secondary N) is 1. The third kappa shape index (κ3) is 4.21. The molecule has 0 amide bonds. The lowest BCUT2D eigenvalue weighted by Gasteiger charge is -2.35. The highest BCUT2D eigenvalue weighted by molar-refractivity contribution is 7.99. The minimum absolute atomic E-state index is 0.560. The molecule has 2 rings (SSSR count). The fourth-order valence-corrected chi connectivity index (χ4v) is 4.01. The first kappa shape index (κ1) is 14.9. The molecule has 0 spiro atoms. The molecular weight excluding hydrogens is 258 g/mol. The van der Waals surface area contributed by atoms with Crippen LogP contribution in [0.2, 0.25) is 0 Å². The number of hydrogen-bond acceptors (Lipinski definition) is 5. The van der Waals surface area contributed by atoms with Crippen LogP contribution in [0.4, 0.5) is 0 Å². The Morgan fingerprint density at radius 3 is 2.79 bits per heavy atom. The zero-order valence-corrected chi connectivity index (χ0v) is 13.0. The Morgan fingerprint density at radius 1 is 1.32 bits per heavy atom. The summed E-state index contributed by atoms with van der Waals surface area (Å²) in [7, 11) is 0. The second-order valence-corrected chi connectivity index (χ2v) is 6.58. The van der Waals surface area contributed by atoms with E-state index in [1.54, 1.807) is 11.8 Å². The largest absolute Gasteiger partial charge is 0.416 e. The van der Waals surface area contributed by atoms with Gasteiger partial charge in [0, 0.05) is 18.2 Å². The van der Waals surface area contributed by atoms with Crippen LogP contribution in [0.3, 0.4) is 0 Å². The van der Waals surface area contributed by atoms with Gasteiger partial charge in [0.1, 0.15) is 0 Å². The molecule has 0 bridgehead atoms. The quantitative estimate of drug-likeness (QED) is 0.867. The number of nitrogens with zero attached hydrogens (tertiary/aromatic N) is 2. The molecule has 1 saturated carbocycles. The average Bonchev–Trinajstić information content (AvgIpc) is 2.82. The molecule has 0 saturated heterocycles. The van der Waals surface area contributed by atoms with E-state index in [4.69, 9.17) is 4.42 Å². The Labute approximate surface area is 120 Å². The van der Waals surface area contributed by atoms with Crippen molar-refractivity contribution in [3.8, 4) is 0 Å². The molecule has 1 aliphatic carbocycles. The van der Waals surface area contributed by atoms with E-state index >= 15 is 0 Å². The van der Waals surface area contributed by atoms with Crippen molar-refractivity contribution in [3.05, 3.63) is 5.89 Å². The van der Waals surface area contributed by atoms with Gasteiger partial charge in [0.15, 0.2) is 0 Å². The normalized spacial score (nSPS) is 27.6. The molecule has 1 aromatic rings. The van der Waals surface area contributed by atoms with Gasteiger partial charge in [-0.1, -0.05) is 32.0 Å². The molecule has 4 nitrogen and oxygen atoms in total. The summed E-state index contributed by atoms with van der Waals surface area (Å²) in [5.41, 5.74) is 0. The third-order valence-corrected chi connectivity index (χ3v) is 5.08. The van der Waals surface area contributed by atoms with Crippen molar-refractivity contribution >= 4 is 11.8 Å². The molecule has 108 valence electrons. The Morgan fingerprint density at radius 2 is 2.16 bits per heavy atom. The number of rotatable bonds is 6. The molecule has 1 N–H and O–H groups in total. The van der Waals surface area contributed by atoms with Crippen molar-refractivity contribution in [2.75, 3.05) is 6.54 Å². The first-order chi connectivity index (χ1) is 9.22. The van der Waals surface area contributed by atoms with E-state index < -0.39 is 0 Å². The summed E-state index contributed by atoms with van der Waals surface area (Å²) in [4.78, 5) is 0. The molecule has 0 radical (unpaired) electrons. The van der Waals surface area contributed by atoms with Gasteiger partial charge in [-0.25, -0.2) is 0 Å². The fraction of sp³-hybridized carbons (Fsp3) is 0.857. The Balaban J connectivity index is 1.97. The van der Waals surface area contributed by atoms with Gasteiger partial charge in [-0.05, 0) is 38.1 Å². The predicted molar refractivity (Wildman–Crippen MR) is 78.4 cm³/mol. The van der Waals surface area contributed by atoms with E-state index in [9.17, 15) is 0 Å². The summed E-state index contributed by atoms with van der Waals surface area (Å²) < 4.78 is 5.52. The van der Waals surface area contributed by atoms with E-state index in [0.29, 0.717) is 17.2 Å². The topological polar surface area (TPSA) is 51.0 Å². The van der Waals surface area contributed by atoms with Gasteiger partial charge in [-0.3, -0.25) is 0 Å². The van der Waals surface area contributed by atoms with E-state index in [2.05, 4.69) is 29.4 Å². The van der Waals surface area contributed by atoms with Crippen LogP contribution in [0, 0.1) is 12.8 Å². The summed E-state index contributed by atoms with van der Waals surface area (Å²) in [5.74, 6) is 1.50. The van der Waals surface area contributed by atoms with E-state index in [1.165, 1.54) is 32.1 Å². The van der Waals surface area contributed by atoms with Crippen LogP contribution in [0.5, 0.6) is 0 Å². The molecule has 1 aliphatic rings. The smallest absolute Gasteiger partial charge is 0.276 e. The SMILES string of the molecule is CCCNC1CCC(CC)CC1Sc1nnc(C)o1. The second-order valence-electron chi connectivity index (χ2n) is 5.39. The highest BCUT2D eigenvalue weighted by atomic mass is 32.2. The van der Waals surface area contributed by atoms with Crippen molar-refractivity contribution in [2.45, 2.75) is 69.4 Å². The van der Waals surface area contributed by atoms with E-state index in [0.717, 1.165) is 17.7 Å². The molecule has 1 heterocycles. The van der Waals surface area contributed by atoms with Crippen molar-refractivity contribution in [1.29, 1.82) is 0 Å². The summed E-state index contributed by atoms with van der Waals surface area (Å²) in [6, 6.07) is 0.583. The maximum Gasteiger partial charge on any atom is 0.276 e. The maximum absolute atomic E-state index is 5.52. The van der Waals surface area contributed by atoms with Crippen molar-refractivity contribution in [2.24, 2.45) is 5.92 Å².